The molecule has 2 rings (SSSR count). The van der Waals surface area contributed by atoms with Gasteiger partial charge in [-0.05, 0) is 24.4 Å². The van der Waals surface area contributed by atoms with Gasteiger partial charge in [0.2, 0.25) is 11.1 Å². The number of carbonyl (C=O) groups excluding carboxylic acids is 1. The van der Waals surface area contributed by atoms with Crippen molar-refractivity contribution in [3.8, 4) is 0 Å². The normalized spacial score (nSPS) is 21.5. The maximum atomic E-state index is 11.5. The van der Waals surface area contributed by atoms with Gasteiger partial charge >= 0.3 is 11.7 Å². The molecule has 0 bridgehead atoms. The van der Waals surface area contributed by atoms with E-state index in [4.69, 9.17) is 16.3 Å². The van der Waals surface area contributed by atoms with Crippen LogP contribution in [0.4, 0.5) is 11.5 Å². The predicted molar refractivity (Wildman–Crippen MR) is 79.7 cm³/mol. The van der Waals surface area contributed by atoms with Crippen LogP contribution in [0, 0.1) is 10.1 Å². The predicted octanol–water partition coefficient (Wildman–Crippen LogP) is 2.70. The molecule has 1 aliphatic rings. The third-order valence-electron chi connectivity index (χ3n) is 3.75. The van der Waals surface area contributed by atoms with Crippen molar-refractivity contribution in [3.05, 3.63) is 21.6 Å². The van der Waals surface area contributed by atoms with Gasteiger partial charge in [0.1, 0.15) is 6.20 Å². The van der Waals surface area contributed by atoms with E-state index in [0.29, 0.717) is 19.4 Å². The largest absolute Gasteiger partial charge is 0.439 e. The van der Waals surface area contributed by atoms with Crippen LogP contribution in [0.25, 0.3) is 0 Å². The van der Waals surface area contributed by atoms with Crippen LogP contribution >= 0.6 is 11.6 Å². The minimum atomic E-state index is -0.938. The number of esters is 1. The van der Waals surface area contributed by atoms with Gasteiger partial charge in [0, 0.05) is 26.3 Å². The van der Waals surface area contributed by atoms with Gasteiger partial charge in [-0.15, -0.1) is 0 Å². The maximum Gasteiger partial charge on any atom is 0.329 e. The zero-order valence-corrected chi connectivity index (χ0v) is 13.2. The van der Waals surface area contributed by atoms with Gasteiger partial charge in [-0.1, -0.05) is 6.92 Å². The number of anilines is 1. The third-order valence-corrected chi connectivity index (χ3v) is 3.93. The van der Waals surface area contributed by atoms with Crippen molar-refractivity contribution < 1.29 is 14.5 Å². The van der Waals surface area contributed by atoms with Gasteiger partial charge < -0.3 is 9.64 Å². The first kappa shape index (κ1) is 16.4. The summed E-state index contributed by atoms with van der Waals surface area (Å²) >= 11 is 5.80. The highest BCUT2D eigenvalue weighted by Crippen LogP contribution is 2.39. The fourth-order valence-corrected chi connectivity index (χ4v) is 2.92. The number of hydrogen-bond acceptors (Lipinski definition) is 7. The average Bonchev–Trinajstić information content (AvgIpc) is 2.46. The Balaban J connectivity index is 2.53. The smallest absolute Gasteiger partial charge is 0.329 e. The van der Waals surface area contributed by atoms with E-state index >= 15 is 0 Å². The fourth-order valence-electron chi connectivity index (χ4n) is 2.80. The van der Waals surface area contributed by atoms with Crippen LogP contribution in [0.1, 0.15) is 39.5 Å². The van der Waals surface area contributed by atoms with E-state index in [2.05, 4.69) is 9.97 Å². The lowest BCUT2D eigenvalue weighted by molar-refractivity contribution is -0.384. The summed E-state index contributed by atoms with van der Waals surface area (Å²) in [5, 5.41) is 11.2. The molecule has 0 radical (unpaired) electrons. The second-order valence-corrected chi connectivity index (χ2v) is 5.45. The van der Waals surface area contributed by atoms with Crippen LogP contribution in [0.5, 0.6) is 0 Å². The Morgan fingerprint density at radius 1 is 1.59 bits per heavy atom. The molecule has 0 amide bonds. The van der Waals surface area contributed by atoms with E-state index in [-0.39, 0.29) is 16.8 Å². The molecular formula is C13H17ClN4O4. The van der Waals surface area contributed by atoms with Crippen molar-refractivity contribution in [2.75, 3.05) is 11.4 Å². The van der Waals surface area contributed by atoms with Crippen LogP contribution in [0.3, 0.4) is 0 Å². The van der Waals surface area contributed by atoms with Crippen LogP contribution in [-0.2, 0) is 9.53 Å². The molecule has 8 nitrogen and oxygen atoms in total. The highest BCUT2D eigenvalue weighted by Gasteiger charge is 2.43. The van der Waals surface area contributed by atoms with Crippen LogP contribution in [0.15, 0.2) is 6.20 Å². The lowest BCUT2D eigenvalue weighted by atomic mass is 9.95. The lowest BCUT2D eigenvalue weighted by Crippen LogP contribution is -2.55. The zero-order chi connectivity index (χ0) is 16.3. The highest BCUT2D eigenvalue weighted by molar-refractivity contribution is 6.28. The van der Waals surface area contributed by atoms with Gasteiger partial charge in [-0.2, -0.15) is 4.98 Å². The van der Waals surface area contributed by atoms with Gasteiger partial charge in [0.05, 0.1) is 4.92 Å². The second kappa shape index (κ2) is 6.43. The number of piperidine rings is 1. The molecule has 0 spiro atoms. The van der Waals surface area contributed by atoms with Crippen LogP contribution in [0.2, 0.25) is 5.28 Å². The molecule has 0 N–H and O–H groups in total. The fraction of sp³-hybridized carbons (Fsp3) is 0.615. The lowest BCUT2D eigenvalue weighted by Gasteiger charge is -2.45. The van der Waals surface area contributed by atoms with Crippen molar-refractivity contribution >= 4 is 29.1 Å². The molecule has 1 saturated heterocycles. The van der Waals surface area contributed by atoms with E-state index in [0.717, 1.165) is 19.0 Å². The van der Waals surface area contributed by atoms with Crippen molar-refractivity contribution in [2.24, 2.45) is 0 Å². The summed E-state index contributed by atoms with van der Waals surface area (Å²) in [5.41, 5.74) is -1.19. The van der Waals surface area contributed by atoms with E-state index in [1.165, 1.54) is 6.92 Å². The molecule has 2 heterocycles. The topological polar surface area (TPSA) is 98.5 Å². The van der Waals surface area contributed by atoms with Crippen LogP contribution < -0.4 is 4.90 Å². The molecule has 1 aliphatic heterocycles. The molecule has 1 aromatic heterocycles. The molecule has 120 valence electrons. The van der Waals surface area contributed by atoms with Crippen molar-refractivity contribution in [1.29, 1.82) is 0 Å². The molecule has 9 heteroatoms. The number of nitro groups is 1. The molecule has 0 aliphatic carbocycles. The van der Waals surface area contributed by atoms with Crippen molar-refractivity contribution in [2.45, 2.75) is 45.3 Å². The number of aromatic nitrogens is 2. The summed E-state index contributed by atoms with van der Waals surface area (Å²) < 4.78 is 5.53. The third kappa shape index (κ3) is 3.11. The van der Waals surface area contributed by atoms with Gasteiger partial charge in [-0.25, -0.2) is 4.98 Å². The molecule has 22 heavy (non-hydrogen) atoms. The summed E-state index contributed by atoms with van der Waals surface area (Å²) in [4.78, 5) is 31.5. The first-order chi connectivity index (χ1) is 10.4. The SMILES string of the molecule is CCC1(OC(C)=O)CCCCN1c1nc(Cl)ncc1[N+](=O)[O-]. The number of hydrogen-bond donors (Lipinski definition) is 0. The van der Waals surface area contributed by atoms with Gasteiger partial charge in [0.15, 0.2) is 5.72 Å². The number of carbonyl (C=O) groups is 1. The van der Waals surface area contributed by atoms with Crippen molar-refractivity contribution in [3.63, 3.8) is 0 Å². The van der Waals surface area contributed by atoms with Crippen LogP contribution in [-0.4, -0.2) is 33.1 Å². The quantitative estimate of drug-likeness (QED) is 0.362. The zero-order valence-electron chi connectivity index (χ0n) is 12.4. The van der Waals surface area contributed by atoms with Gasteiger partial charge in [0.25, 0.3) is 0 Å². The standard InChI is InChI=1S/C13H17ClN4O4/c1-3-13(22-9(2)19)6-4-5-7-17(13)11-10(18(20)21)8-15-12(14)16-11/h8H,3-7H2,1-2H3. The van der Waals surface area contributed by atoms with E-state index in [1.54, 1.807) is 4.90 Å². The Morgan fingerprint density at radius 3 is 2.91 bits per heavy atom. The number of nitrogens with zero attached hydrogens (tertiary/aromatic N) is 4. The average molecular weight is 329 g/mol. The maximum absolute atomic E-state index is 11.5. The summed E-state index contributed by atoms with van der Waals surface area (Å²) in [6.07, 6.45) is 3.84. The second-order valence-electron chi connectivity index (χ2n) is 5.11. The summed E-state index contributed by atoms with van der Waals surface area (Å²) in [5.74, 6) is -0.343. The first-order valence-electron chi connectivity index (χ1n) is 7.04. The minimum Gasteiger partial charge on any atom is -0.439 e. The Kier molecular flexibility index (Phi) is 4.80. The highest BCUT2D eigenvalue weighted by atomic mass is 35.5. The van der Waals surface area contributed by atoms with E-state index < -0.39 is 16.6 Å². The summed E-state index contributed by atoms with van der Waals surface area (Å²) in [7, 11) is 0. The molecule has 1 atom stereocenters. The van der Waals surface area contributed by atoms with E-state index in [1.807, 2.05) is 6.92 Å². The first-order valence-corrected chi connectivity index (χ1v) is 7.41. The molecule has 0 aromatic carbocycles. The monoisotopic (exact) mass is 328 g/mol. The molecular weight excluding hydrogens is 312 g/mol. The molecule has 1 unspecified atom stereocenters. The minimum absolute atomic E-state index is 0.0843. The van der Waals surface area contributed by atoms with Crippen molar-refractivity contribution in [1.82, 2.24) is 9.97 Å². The molecule has 0 saturated carbocycles. The number of halogens is 1. The summed E-state index contributed by atoms with van der Waals surface area (Å²) in [6.45, 7) is 3.69. The Bertz CT molecular complexity index is 597. The Hall–Kier alpha value is -1.96. The Labute approximate surface area is 132 Å². The number of rotatable bonds is 4. The Morgan fingerprint density at radius 2 is 2.32 bits per heavy atom. The summed E-state index contributed by atoms with van der Waals surface area (Å²) in [6, 6.07) is 0. The number of ether oxygens (including phenoxy) is 1. The van der Waals surface area contributed by atoms with E-state index in [9.17, 15) is 14.9 Å². The molecule has 1 fully saturated rings. The van der Waals surface area contributed by atoms with Gasteiger partial charge in [-0.3, -0.25) is 14.9 Å². The molecule has 1 aromatic rings.